The number of carbonyl (C=O) groups excluding carboxylic acids is 1. The number of hydrogen-bond donors (Lipinski definition) is 3. The zero-order chi connectivity index (χ0) is 14.4. The first-order valence-electron chi connectivity index (χ1n) is 7.39. The number of amides is 1. The van der Waals surface area contributed by atoms with E-state index >= 15 is 0 Å². The van der Waals surface area contributed by atoms with Crippen LogP contribution < -0.4 is 11.1 Å². The van der Waals surface area contributed by atoms with Crippen molar-refractivity contribution in [2.24, 2.45) is 11.8 Å². The Morgan fingerprint density at radius 2 is 2.29 bits per heavy atom. The molecule has 4 N–H and O–H groups in total. The standard InChI is InChI=1S/C16H18N4O/c17-15-10(8-19-20-15)7-18-16(21)14-12-6-5-9-3-1-2-4-11(9)13(12)14/h1-4,8,12-14H,5-7H2,(H,18,21)(H3,17,19,20). The van der Waals surface area contributed by atoms with Crippen LogP contribution >= 0.6 is 0 Å². The van der Waals surface area contributed by atoms with E-state index in [9.17, 15) is 4.79 Å². The van der Waals surface area contributed by atoms with Gasteiger partial charge in [0.2, 0.25) is 5.91 Å². The van der Waals surface area contributed by atoms with Gasteiger partial charge < -0.3 is 11.1 Å². The molecule has 1 fully saturated rings. The van der Waals surface area contributed by atoms with Crippen LogP contribution in [0.25, 0.3) is 0 Å². The average molecular weight is 282 g/mol. The molecule has 2 aliphatic carbocycles. The molecule has 4 rings (SSSR count). The molecule has 21 heavy (non-hydrogen) atoms. The normalized spacial score (nSPS) is 25.8. The van der Waals surface area contributed by atoms with Crippen LogP contribution in [0.3, 0.4) is 0 Å². The van der Waals surface area contributed by atoms with Crippen LogP contribution in [0, 0.1) is 11.8 Å². The number of aromatic amines is 1. The van der Waals surface area contributed by atoms with Crippen molar-refractivity contribution in [3.8, 4) is 0 Å². The van der Waals surface area contributed by atoms with Crippen LogP contribution in [-0.2, 0) is 17.8 Å². The predicted molar refractivity (Wildman–Crippen MR) is 79.3 cm³/mol. The number of nitrogen functional groups attached to an aromatic ring is 1. The number of fused-ring (bicyclic) bond motifs is 3. The van der Waals surface area contributed by atoms with Crippen molar-refractivity contribution in [2.45, 2.75) is 25.3 Å². The molecule has 0 saturated heterocycles. The van der Waals surface area contributed by atoms with E-state index in [1.807, 2.05) is 0 Å². The Morgan fingerprint density at radius 1 is 1.43 bits per heavy atom. The fourth-order valence-electron chi connectivity index (χ4n) is 3.69. The number of aromatic nitrogens is 2. The molecule has 3 unspecified atom stereocenters. The van der Waals surface area contributed by atoms with Crippen molar-refractivity contribution >= 4 is 11.7 Å². The molecular formula is C16H18N4O. The Morgan fingerprint density at radius 3 is 3.10 bits per heavy atom. The number of aryl methyl sites for hydroxylation is 1. The molecule has 0 spiro atoms. The largest absolute Gasteiger partial charge is 0.384 e. The van der Waals surface area contributed by atoms with Gasteiger partial charge in [-0.2, -0.15) is 5.10 Å². The molecule has 1 saturated carbocycles. The van der Waals surface area contributed by atoms with Crippen molar-refractivity contribution in [1.29, 1.82) is 0 Å². The minimum absolute atomic E-state index is 0.127. The maximum absolute atomic E-state index is 12.4. The Labute approximate surface area is 122 Å². The second-order valence-electron chi connectivity index (χ2n) is 5.98. The van der Waals surface area contributed by atoms with E-state index in [0.717, 1.165) is 18.4 Å². The summed E-state index contributed by atoms with van der Waals surface area (Å²) in [6, 6.07) is 8.51. The molecule has 5 nitrogen and oxygen atoms in total. The average Bonchev–Trinajstić information content (AvgIpc) is 3.12. The number of anilines is 1. The number of rotatable bonds is 3. The minimum Gasteiger partial charge on any atom is -0.384 e. The molecule has 1 heterocycles. The van der Waals surface area contributed by atoms with Gasteiger partial charge in [-0.25, -0.2) is 0 Å². The molecule has 1 aromatic heterocycles. The van der Waals surface area contributed by atoms with Gasteiger partial charge in [-0.05, 0) is 35.8 Å². The molecule has 0 bridgehead atoms. The first kappa shape index (κ1) is 12.4. The Hall–Kier alpha value is -2.30. The lowest BCUT2D eigenvalue weighted by Gasteiger charge is -2.13. The number of nitrogens with zero attached hydrogens (tertiary/aromatic N) is 1. The van der Waals surface area contributed by atoms with E-state index in [1.54, 1.807) is 6.20 Å². The van der Waals surface area contributed by atoms with Crippen LogP contribution in [0.1, 0.15) is 29.0 Å². The SMILES string of the molecule is Nc1[nH]ncc1CNC(=O)C1C2CCc3ccccc3C21. The number of benzene rings is 1. The molecule has 3 atom stereocenters. The van der Waals surface area contributed by atoms with Crippen molar-refractivity contribution in [3.63, 3.8) is 0 Å². The third-order valence-electron chi connectivity index (χ3n) is 4.84. The number of carbonyl (C=O) groups is 1. The molecule has 2 aliphatic rings. The number of hydrogen-bond acceptors (Lipinski definition) is 3. The van der Waals surface area contributed by atoms with Gasteiger partial charge in [-0.3, -0.25) is 9.89 Å². The summed E-state index contributed by atoms with van der Waals surface area (Å²) in [7, 11) is 0. The van der Waals surface area contributed by atoms with Crippen LogP contribution in [0.15, 0.2) is 30.5 Å². The molecule has 0 radical (unpaired) electrons. The first-order valence-corrected chi connectivity index (χ1v) is 7.39. The van der Waals surface area contributed by atoms with Crippen LogP contribution in [0.4, 0.5) is 5.82 Å². The Bertz CT molecular complexity index is 693. The van der Waals surface area contributed by atoms with E-state index in [4.69, 9.17) is 5.73 Å². The third-order valence-corrected chi connectivity index (χ3v) is 4.84. The molecule has 108 valence electrons. The highest BCUT2D eigenvalue weighted by atomic mass is 16.2. The lowest BCUT2D eigenvalue weighted by molar-refractivity contribution is -0.122. The lowest BCUT2D eigenvalue weighted by atomic mass is 9.92. The van der Waals surface area contributed by atoms with Crippen molar-refractivity contribution in [2.75, 3.05) is 5.73 Å². The van der Waals surface area contributed by atoms with Gasteiger partial charge in [0.15, 0.2) is 0 Å². The summed E-state index contributed by atoms with van der Waals surface area (Å²) in [5, 5.41) is 9.53. The summed E-state index contributed by atoms with van der Waals surface area (Å²) in [6.07, 6.45) is 3.87. The molecule has 2 aromatic rings. The minimum atomic E-state index is 0.127. The lowest BCUT2D eigenvalue weighted by Crippen LogP contribution is -2.25. The second kappa shape index (κ2) is 4.62. The number of H-pyrrole nitrogens is 1. The second-order valence-corrected chi connectivity index (χ2v) is 5.98. The van der Waals surface area contributed by atoms with Crippen molar-refractivity contribution in [3.05, 3.63) is 47.2 Å². The quantitative estimate of drug-likeness (QED) is 0.799. The fraction of sp³-hybridized carbons (Fsp3) is 0.375. The van der Waals surface area contributed by atoms with Gasteiger partial charge in [-0.15, -0.1) is 0 Å². The predicted octanol–water partition coefficient (Wildman–Crippen LogP) is 1.58. The molecule has 0 aliphatic heterocycles. The monoisotopic (exact) mass is 282 g/mol. The molecule has 1 aromatic carbocycles. The van der Waals surface area contributed by atoms with E-state index < -0.39 is 0 Å². The third kappa shape index (κ3) is 2.00. The maximum atomic E-state index is 12.4. The smallest absolute Gasteiger partial charge is 0.224 e. The van der Waals surface area contributed by atoms with Gasteiger partial charge in [0.05, 0.1) is 6.20 Å². The van der Waals surface area contributed by atoms with Crippen LogP contribution in [0.5, 0.6) is 0 Å². The highest BCUT2D eigenvalue weighted by Crippen LogP contribution is 2.59. The van der Waals surface area contributed by atoms with E-state index in [-0.39, 0.29) is 11.8 Å². The van der Waals surface area contributed by atoms with E-state index in [0.29, 0.717) is 24.2 Å². The van der Waals surface area contributed by atoms with E-state index in [2.05, 4.69) is 39.8 Å². The first-order chi connectivity index (χ1) is 10.3. The summed E-state index contributed by atoms with van der Waals surface area (Å²) in [6.45, 7) is 0.443. The highest BCUT2D eigenvalue weighted by Gasteiger charge is 2.56. The highest BCUT2D eigenvalue weighted by molar-refractivity contribution is 5.84. The van der Waals surface area contributed by atoms with Crippen LogP contribution in [-0.4, -0.2) is 16.1 Å². The summed E-state index contributed by atoms with van der Waals surface area (Å²) < 4.78 is 0. The van der Waals surface area contributed by atoms with Gasteiger partial charge in [0.25, 0.3) is 0 Å². The van der Waals surface area contributed by atoms with Crippen molar-refractivity contribution < 1.29 is 4.79 Å². The summed E-state index contributed by atoms with van der Waals surface area (Å²) in [5.41, 5.74) is 9.35. The van der Waals surface area contributed by atoms with Crippen LogP contribution in [0.2, 0.25) is 0 Å². The van der Waals surface area contributed by atoms with Gasteiger partial charge in [0, 0.05) is 18.0 Å². The van der Waals surface area contributed by atoms with E-state index in [1.165, 1.54) is 11.1 Å². The van der Waals surface area contributed by atoms with Crippen molar-refractivity contribution in [1.82, 2.24) is 15.5 Å². The molecule has 5 heteroatoms. The Balaban J connectivity index is 1.45. The molecule has 1 amide bonds. The molecular weight excluding hydrogens is 264 g/mol. The summed E-state index contributed by atoms with van der Waals surface area (Å²) >= 11 is 0. The zero-order valence-electron chi connectivity index (χ0n) is 11.7. The maximum Gasteiger partial charge on any atom is 0.224 e. The Kier molecular flexibility index (Phi) is 2.74. The van der Waals surface area contributed by atoms with Gasteiger partial charge in [0.1, 0.15) is 5.82 Å². The zero-order valence-corrected chi connectivity index (χ0v) is 11.7. The van der Waals surface area contributed by atoms with Gasteiger partial charge >= 0.3 is 0 Å². The summed E-state index contributed by atoms with van der Waals surface area (Å²) in [4.78, 5) is 12.4. The van der Waals surface area contributed by atoms with Gasteiger partial charge in [-0.1, -0.05) is 24.3 Å². The topological polar surface area (TPSA) is 83.8 Å². The number of nitrogens with two attached hydrogens (primary N) is 1. The number of nitrogens with one attached hydrogen (secondary N) is 2. The fourth-order valence-corrected chi connectivity index (χ4v) is 3.69. The summed E-state index contributed by atoms with van der Waals surface area (Å²) in [5.74, 6) is 1.72.